The molecule has 0 radical (unpaired) electrons. The fraction of sp³-hybridized carbons (Fsp3) is 0.385. The van der Waals surface area contributed by atoms with Gasteiger partial charge >= 0.3 is 0 Å². The molecule has 6 nitrogen and oxygen atoms in total. The van der Waals surface area contributed by atoms with Crippen molar-refractivity contribution in [2.75, 3.05) is 13.7 Å². The number of nitrogens with two attached hydrogens (primary N) is 1. The van der Waals surface area contributed by atoms with Crippen molar-refractivity contribution >= 4 is 11.7 Å². The van der Waals surface area contributed by atoms with Gasteiger partial charge in [-0.25, -0.2) is 0 Å². The molecule has 1 aromatic rings. The molecule has 1 unspecified atom stereocenters. The highest BCUT2D eigenvalue weighted by Crippen LogP contribution is 2.11. The molecule has 0 spiro atoms. The Kier molecular flexibility index (Phi) is 5.66. The van der Waals surface area contributed by atoms with Crippen molar-refractivity contribution in [1.82, 2.24) is 5.32 Å². The predicted octanol–water partition coefficient (Wildman–Crippen LogP) is 0.736. The van der Waals surface area contributed by atoms with Gasteiger partial charge < -0.3 is 21.0 Å². The van der Waals surface area contributed by atoms with Crippen LogP contribution in [0.25, 0.3) is 0 Å². The lowest BCUT2D eigenvalue weighted by Crippen LogP contribution is -2.35. The maximum Gasteiger partial charge on any atom is 0.224 e. The van der Waals surface area contributed by atoms with Gasteiger partial charge in [0.2, 0.25) is 5.91 Å². The SMILES string of the molecule is COc1ccc(CC(=O)NCC(C)/C(N)=N/O)cc1. The van der Waals surface area contributed by atoms with E-state index in [1.807, 2.05) is 24.3 Å². The van der Waals surface area contributed by atoms with Crippen molar-refractivity contribution in [3.63, 3.8) is 0 Å². The van der Waals surface area contributed by atoms with Crippen molar-refractivity contribution in [2.45, 2.75) is 13.3 Å². The van der Waals surface area contributed by atoms with Gasteiger partial charge in [-0.3, -0.25) is 4.79 Å². The minimum atomic E-state index is -0.204. The number of nitrogens with one attached hydrogen (secondary N) is 1. The van der Waals surface area contributed by atoms with Crippen molar-refractivity contribution in [3.05, 3.63) is 29.8 Å². The maximum atomic E-state index is 11.7. The molecule has 0 saturated carbocycles. The molecule has 0 aliphatic heterocycles. The van der Waals surface area contributed by atoms with Crippen molar-refractivity contribution < 1.29 is 14.7 Å². The first-order valence-corrected chi connectivity index (χ1v) is 5.94. The van der Waals surface area contributed by atoms with E-state index in [9.17, 15) is 4.79 Å². The molecule has 19 heavy (non-hydrogen) atoms. The molecule has 6 heteroatoms. The molecule has 104 valence electrons. The van der Waals surface area contributed by atoms with Crippen LogP contribution >= 0.6 is 0 Å². The summed E-state index contributed by atoms with van der Waals surface area (Å²) in [5, 5.41) is 14.1. The molecule has 0 saturated heterocycles. The number of ether oxygens (including phenoxy) is 1. The van der Waals surface area contributed by atoms with Crippen LogP contribution in [0.5, 0.6) is 5.75 Å². The zero-order valence-electron chi connectivity index (χ0n) is 11.1. The first-order chi connectivity index (χ1) is 9.06. The molecule has 1 aromatic carbocycles. The van der Waals surface area contributed by atoms with E-state index in [-0.39, 0.29) is 24.1 Å². The van der Waals surface area contributed by atoms with E-state index in [0.717, 1.165) is 11.3 Å². The molecule has 0 aliphatic rings. The summed E-state index contributed by atoms with van der Waals surface area (Å²) in [5.74, 6) is 0.544. The lowest BCUT2D eigenvalue weighted by Gasteiger charge is -2.11. The molecule has 4 N–H and O–H groups in total. The second-order valence-corrected chi connectivity index (χ2v) is 4.25. The number of benzene rings is 1. The Labute approximate surface area is 112 Å². The fourth-order valence-corrected chi connectivity index (χ4v) is 1.46. The number of methoxy groups -OCH3 is 1. The minimum absolute atomic E-state index is 0.102. The number of rotatable bonds is 6. The molecule has 0 heterocycles. The van der Waals surface area contributed by atoms with E-state index < -0.39 is 0 Å². The summed E-state index contributed by atoms with van der Waals surface area (Å²) < 4.78 is 5.04. The Morgan fingerprint density at radius 1 is 1.47 bits per heavy atom. The van der Waals surface area contributed by atoms with Crippen molar-refractivity contribution in [1.29, 1.82) is 0 Å². The summed E-state index contributed by atoms with van der Waals surface area (Å²) >= 11 is 0. The van der Waals surface area contributed by atoms with Crippen molar-refractivity contribution in [3.8, 4) is 5.75 Å². The Bertz CT molecular complexity index is 443. The van der Waals surface area contributed by atoms with Crippen LogP contribution in [0.15, 0.2) is 29.4 Å². The number of hydrogen-bond acceptors (Lipinski definition) is 4. The quantitative estimate of drug-likeness (QED) is 0.306. The van der Waals surface area contributed by atoms with Crippen LogP contribution in [-0.2, 0) is 11.2 Å². The first kappa shape index (κ1) is 14.8. The predicted molar refractivity (Wildman–Crippen MR) is 72.3 cm³/mol. The average molecular weight is 265 g/mol. The van der Waals surface area contributed by atoms with E-state index in [2.05, 4.69) is 10.5 Å². The average Bonchev–Trinajstić information content (AvgIpc) is 2.44. The Morgan fingerprint density at radius 2 is 2.11 bits per heavy atom. The van der Waals surface area contributed by atoms with Gasteiger partial charge in [-0.1, -0.05) is 24.2 Å². The fourth-order valence-electron chi connectivity index (χ4n) is 1.46. The highest BCUT2D eigenvalue weighted by Gasteiger charge is 2.10. The molecule has 0 aromatic heterocycles. The zero-order valence-corrected chi connectivity index (χ0v) is 11.1. The maximum absolute atomic E-state index is 11.7. The van der Waals surface area contributed by atoms with Crippen LogP contribution in [-0.4, -0.2) is 30.6 Å². The number of hydrogen-bond donors (Lipinski definition) is 3. The Balaban J connectivity index is 2.42. The molecule has 1 atom stereocenters. The van der Waals surface area contributed by atoms with Crippen LogP contribution in [0, 0.1) is 5.92 Å². The van der Waals surface area contributed by atoms with E-state index in [1.54, 1.807) is 14.0 Å². The third-order valence-corrected chi connectivity index (χ3v) is 2.75. The van der Waals surface area contributed by atoms with Crippen LogP contribution in [0.3, 0.4) is 0 Å². The summed E-state index contributed by atoms with van der Waals surface area (Å²) in [6, 6.07) is 7.29. The standard InChI is InChI=1S/C13H19N3O3/c1-9(13(14)16-18)8-15-12(17)7-10-3-5-11(19-2)6-4-10/h3-6,9,18H,7-8H2,1-2H3,(H2,14,16)(H,15,17). The normalized spacial score (nSPS) is 12.8. The molecule has 1 amide bonds. The number of nitrogens with zero attached hydrogens (tertiary/aromatic N) is 1. The van der Waals surface area contributed by atoms with Gasteiger partial charge in [0.05, 0.1) is 13.5 Å². The lowest BCUT2D eigenvalue weighted by molar-refractivity contribution is -0.120. The topological polar surface area (TPSA) is 96.9 Å². The van der Waals surface area contributed by atoms with Gasteiger partial charge in [-0.15, -0.1) is 0 Å². The smallest absolute Gasteiger partial charge is 0.224 e. The van der Waals surface area contributed by atoms with E-state index >= 15 is 0 Å². The molecular weight excluding hydrogens is 246 g/mol. The number of carbonyl (C=O) groups is 1. The van der Waals surface area contributed by atoms with E-state index in [1.165, 1.54) is 0 Å². The third-order valence-electron chi connectivity index (χ3n) is 2.75. The van der Waals surface area contributed by atoms with Gasteiger partial charge in [-0.05, 0) is 17.7 Å². The number of amides is 1. The number of oxime groups is 1. The van der Waals surface area contributed by atoms with Gasteiger partial charge in [0, 0.05) is 12.5 Å². The molecule has 0 bridgehead atoms. The second-order valence-electron chi connectivity index (χ2n) is 4.25. The zero-order chi connectivity index (χ0) is 14.3. The van der Waals surface area contributed by atoms with Crippen LogP contribution < -0.4 is 15.8 Å². The summed E-state index contributed by atoms with van der Waals surface area (Å²) in [6.45, 7) is 2.10. The highest BCUT2D eigenvalue weighted by atomic mass is 16.5. The number of carbonyl (C=O) groups excluding carboxylic acids is 1. The van der Waals surface area contributed by atoms with E-state index in [4.69, 9.17) is 15.7 Å². The molecule has 1 rings (SSSR count). The first-order valence-electron chi connectivity index (χ1n) is 5.94. The summed E-state index contributed by atoms with van der Waals surface area (Å²) in [5.41, 5.74) is 6.32. The molecular formula is C13H19N3O3. The van der Waals surface area contributed by atoms with E-state index in [0.29, 0.717) is 6.54 Å². The summed E-state index contributed by atoms with van der Waals surface area (Å²) in [7, 11) is 1.59. The van der Waals surface area contributed by atoms with Gasteiger partial charge in [-0.2, -0.15) is 0 Å². The Hall–Kier alpha value is -2.24. The number of amidine groups is 1. The van der Waals surface area contributed by atoms with Crippen molar-refractivity contribution in [2.24, 2.45) is 16.8 Å². The van der Waals surface area contributed by atoms with Gasteiger partial charge in [0.25, 0.3) is 0 Å². The Morgan fingerprint density at radius 3 is 2.63 bits per heavy atom. The minimum Gasteiger partial charge on any atom is -0.497 e. The summed E-state index contributed by atoms with van der Waals surface area (Å²) in [4.78, 5) is 11.7. The largest absolute Gasteiger partial charge is 0.497 e. The van der Waals surface area contributed by atoms with Crippen LogP contribution in [0.4, 0.5) is 0 Å². The molecule has 0 fully saturated rings. The van der Waals surface area contributed by atoms with Crippen LogP contribution in [0.1, 0.15) is 12.5 Å². The molecule has 0 aliphatic carbocycles. The lowest BCUT2D eigenvalue weighted by atomic mass is 10.1. The third kappa shape index (κ3) is 4.87. The monoisotopic (exact) mass is 265 g/mol. The van der Waals surface area contributed by atoms with Gasteiger partial charge in [0.15, 0.2) is 0 Å². The second kappa shape index (κ2) is 7.25. The van der Waals surface area contributed by atoms with Crippen LogP contribution in [0.2, 0.25) is 0 Å². The van der Waals surface area contributed by atoms with Gasteiger partial charge in [0.1, 0.15) is 11.6 Å². The highest BCUT2D eigenvalue weighted by molar-refractivity contribution is 5.83. The summed E-state index contributed by atoms with van der Waals surface area (Å²) in [6.07, 6.45) is 0.285.